The molecule has 2 aromatic carbocycles. The van der Waals surface area contributed by atoms with Crippen molar-refractivity contribution in [2.45, 2.75) is 11.8 Å². The monoisotopic (exact) mass is 439 g/mol. The Labute approximate surface area is 166 Å². The number of para-hydroxylation sites is 1. The van der Waals surface area contributed by atoms with Crippen molar-refractivity contribution in [3.05, 3.63) is 58.6 Å². The lowest BCUT2D eigenvalue weighted by Crippen LogP contribution is -2.30. The first-order chi connectivity index (χ1) is 11.8. The van der Waals surface area contributed by atoms with Crippen molar-refractivity contribution in [1.82, 2.24) is 0 Å². The number of rotatable bonds is 3. The number of carbonyl (C=O) groups is 1. The van der Waals surface area contributed by atoms with E-state index in [0.717, 1.165) is 0 Å². The molecule has 1 aliphatic rings. The molecule has 3 rings (SSSR count). The second-order valence-corrected chi connectivity index (χ2v) is 8.44. The molecule has 0 aliphatic carbocycles. The Morgan fingerprint density at radius 3 is 2.44 bits per heavy atom. The highest BCUT2D eigenvalue weighted by Gasteiger charge is 2.48. The number of amides is 1. The van der Waals surface area contributed by atoms with Gasteiger partial charge in [-0.25, -0.2) is 4.21 Å². The van der Waals surface area contributed by atoms with Crippen LogP contribution < -0.4 is 10.1 Å². The fourth-order valence-electron chi connectivity index (χ4n) is 2.54. The van der Waals surface area contributed by atoms with Crippen molar-refractivity contribution in [1.29, 1.82) is 0 Å². The molecule has 1 amide bonds. The third kappa shape index (κ3) is 4.41. The Bertz CT molecular complexity index is 814. The molecule has 0 saturated heterocycles. The van der Waals surface area contributed by atoms with E-state index in [4.69, 9.17) is 32.1 Å². The minimum atomic E-state index is -1.67. The van der Waals surface area contributed by atoms with Gasteiger partial charge in [0.15, 0.2) is 4.87 Å². The zero-order valence-electron chi connectivity index (χ0n) is 12.9. The number of carbonyl (C=O) groups excluding carboxylic acids is 1. The van der Waals surface area contributed by atoms with Gasteiger partial charge in [0.25, 0.3) is 5.91 Å². The summed E-state index contributed by atoms with van der Waals surface area (Å²) in [4.78, 5) is 11.2. The van der Waals surface area contributed by atoms with Crippen LogP contribution in [0, 0.1) is 0 Å². The molecule has 25 heavy (non-hydrogen) atoms. The Morgan fingerprint density at radius 1 is 1.16 bits per heavy atom. The van der Waals surface area contributed by atoms with Crippen molar-refractivity contribution < 1.29 is 13.7 Å². The highest BCUT2D eigenvalue weighted by Crippen LogP contribution is 2.49. The molecule has 1 aliphatic heterocycles. The summed E-state index contributed by atoms with van der Waals surface area (Å²) in [6.07, 6.45) is 0. The number of ether oxygens (including phenoxy) is 1. The second-order valence-electron chi connectivity index (χ2n) is 4.92. The molecule has 4 nitrogen and oxygen atoms in total. The molecule has 1 N–H and O–H groups in total. The number of benzene rings is 2. The minimum absolute atomic E-state index is 0.298. The van der Waals surface area contributed by atoms with E-state index >= 15 is 0 Å². The van der Waals surface area contributed by atoms with Crippen LogP contribution in [0.1, 0.15) is 18.1 Å². The van der Waals surface area contributed by atoms with Gasteiger partial charge in [-0.15, -0.1) is 0 Å². The number of halogens is 4. The number of fused-ring (bicyclic) bond motifs is 1. The fraction of sp³-hybridized carbons (Fsp3) is 0.188. The summed E-state index contributed by atoms with van der Waals surface area (Å²) in [6.45, 7) is 2.38. The maximum atomic E-state index is 12.5. The molecule has 1 unspecified atom stereocenters. The van der Waals surface area contributed by atoms with Gasteiger partial charge in [-0.3, -0.25) is 4.79 Å². The van der Waals surface area contributed by atoms with E-state index in [1.54, 1.807) is 30.3 Å². The molecule has 0 radical (unpaired) electrons. The van der Waals surface area contributed by atoms with Gasteiger partial charge >= 0.3 is 0 Å². The smallest absolute Gasteiger partial charge is 0.254 e. The lowest BCUT2D eigenvalue weighted by atomic mass is 9.91. The summed E-state index contributed by atoms with van der Waals surface area (Å²) in [5.41, 5.74) is 1.94. The van der Waals surface area contributed by atoms with Crippen LogP contribution in [0.15, 0.2) is 42.5 Å². The van der Waals surface area contributed by atoms with Crippen LogP contribution in [0.4, 0.5) is 5.69 Å². The van der Waals surface area contributed by atoms with Gasteiger partial charge in [-0.2, -0.15) is 0 Å². The number of nitrogens with one attached hydrogen (secondary N) is 1. The molecule has 134 valence electrons. The average molecular weight is 441 g/mol. The largest absolute Gasteiger partial charge is 0.494 e. The lowest BCUT2D eigenvalue weighted by Gasteiger charge is -2.23. The van der Waals surface area contributed by atoms with Gasteiger partial charge in [0.1, 0.15) is 5.75 Å². The van der Waals surface area contributed by atoms with Crippen molar-refractivity contribution in [2.75, 3.05) is 11.9 Å². The van der Waals surface area contributed by atoms with Crippen molar-refractivity contribution in [3.63, 3.8) is 0 Å². The predicted molar refractivity (Wildman–Crippen MR) is 104 cm³/mol. The summed E-state index contributed by atoms with van der Waals surface area (Å²) in [7, 11) is 7.36. The van der Waals surface area contributed by atoms with E-state index in [2.05, 4.69) is 26.7 Å². The Hall–Kier alpha value is -0.980. The van der Waals surface area contributed by atoms with E-state index < -0.39 is 14.1 Å². The van der Waals surface area contributed by atoms with E-state index in [0.29, 0.717) is 34.2 Å². The van der Waals surface area contributed by atoms with Crippen LogP contribution in [-0.2, 0) is 18.9 Å². The summed E-state index contributed by atoms with van der Waals surface area (Å²) in [6, 6.07) is 12.5. The minimum Gasteiger partial charge on any atom is -0.494 e. The fourth-order valence-corrected chi connectivity index (χ4v) is 3.07. The first-order valence-corrected chi connectivity index (χ1v) is 10.6. The Morgan fingerprint density at radius 2 is 1.80 bits per heavy atom. The van der Waals surface area contributed by atoms with Crippen LogP contribution >= 0.6 is 44.6 Å². The highest BCUT2D eigenvalue weighted by molar-refractivity contribution is 8.26. The molecule has 1 heterocycles. The van der Waals surface area contributed by atoms with E-state index in [-0.39, 0.29) is 5.91 Å². The van der Waals surface area contributed by atoms with Crippen molar-refractivity contribution >= 4 is 65.4 Å². The quantitative estimate of drug-likeness (QED) is 0.526. The molecule has 9 heteroatoms. The molecule has 0 spiro atoms. The first kappa shape index (κ1) is 20.3. The SMILES string of the molecule is CCOc1ccccc1C1(Cl)C(=O)Nc2ccc(Cl)cc21.O=S(Cl)Cl. The zero-order valence-corrected chi connectivity index (χ0v) is 16.7. The van der Waals surface area contributed by atoms with Gasteiger partial charge < -0.3 is 10.1 Å². The van der Waals surface area contributed by atoms with Gasteiger partial charge in [-0.1, -0.05) is 41.4 Å². The standard InChI is InChI=1S/C16H13Cl2NO2.Cl2OS/c1-2-21-14-6-4-3-5-11(14)16(18)12-9-10(17)7-8-13(12)19-15(16)20;1-4(2)3/h3-9H,2H2,1H3,(H,19,20);. The van der Waals surface area contributed by atoms with Gasteiger partial charge in [0.05, 0.1) is 6.61 Å². The van der Waals surface area contributed by atoms with Crippen molar-refractivity contribution in [2.24, 2.45) is 0 Å². The van der Waals surface area contributed by atoms with Gasteiger partial charge in [0.2, 0.25) is 9.23 Å². The molecule has 2 aromatic rings. The van der Waals surface area contributed by atoms with E-state index in [1.165, 1.54) is 0 Å². The molecule has 1 atom stereocenters. The summed E-state index contributed by atoms with van der Waals surface area (Å²) in [5, 5.41) is 3.33. The van der Waals surface area contributed by atoms with Crippen LogP contribution in [0.5, 0.6) is 5.75 Å². The number of hydrogen-bond acceptors (Lipinski definition) is 3. The maximum absolute atomic E-state index is 12.5. The normalized spacial score (nSPS) is 18.2. The van der Waals surface area contributed by atoms with Crippen LogP contribution in [-0.4, -0.2) is 16.7 Å². The van der Waals surface area contributed by atoms with Crippen LogP contribution in [0.3, 0.4) is 0 Å². The molecule has 0 aromatic heterocycles. The topological polar surface area (TPSA) is 55.4 Å². The third-order valence-electron chi connectivity index (χ3n) is 3.47. The summed E-state index contributed by atoms with van der Waals surface area (Å²) >= 11 is 12.8. The second kappa shape index (κ2) is 8.60. The Balaban J connectivity index is 0.000000511. The number of alkyl halides is 1. The zero-order chi connectivity index (χ0) is 18.6. The van der Waals surface area contributed by atoms with Crippen LogP contribution in [0.2, 0.25) is 5.02 Å². The molecular formula is C16H13Cl4NO3S. The highest BCUT2D eigenvalue weighted by atomic mass is 36.0. The van der Waals surface area contributed by atoms with Crippen LogP contribution in [0.25, 0.3) is 0 Å². The summed E-state index contributed by atoms with van der Waals surface area (Å²) in [5.74, 6) is 0.298. The van der Waals surface area contributed by atoms with E-state index in [1.807, 2.05) is 19.1 Å². The maximum Gasteiger partial charge on any atom is 0.254 e. The number of anilines is 1. The predicted octanol–water partition coefficient (Wildman–Crippen LogP) is 5.22. The third-order valence-corrected chi connectivity index (χ3v) is 4.29. The molecule has 0 saturated carbocycles. The van der Waals surface area contributed by atoms with E-state index in [9.17, 15) is 4.79 Å². The Kier molecular flexibility index (Phi) is 7.00. The summed E-state index contributed by atoms with van der Waals surface area (Å²) < 4.78 is 14.7. The molecular weight excluding hydrogens is 428 g/mol. The molecule has 0 fully saturated rings. The van der Waals surface area contributed by atoms with Gasteiger partial charge in [0, 0.05) is 43.2 Å². The average Bonchev–Trinajstić information content (AvgIpc) is 2.80. The lowest BCUT2D eigenvalue weighted by molar-refractivity contribution is -0.117. The van der Waals surface area contributed by atoms with Gasteiger partial charge in [-0.05, 0) is 31.2 Å². The first-order valence-electron chi connectivity index (χ1n) is 7.07. The molecule has 0 bridgehead atoms. The van der Waals surface area contributed by atoms with Crippen molar-refractivity contribution in [3.8, 4) is 5.75 Å². The number of hydrogen-bond donors (Lipinski definition) is 1.